The first-order valence-electron chi connectivity index (χ1n) is 5.67. The van der Waals surface area contributed by atoms with Gasteiger partial charge in [-0.15, -0.1) is 0 Å². The fourth-order valence-electron chi connectivity index (χ4n) is 1.64. The lowest BCUT2D eigenvalue weighted by atomic mass is 10.1. The molecule has 1 aromatic carbocycles. The van der Waals surface area contributed by atoms with Crippen LogP contribution in [0.3, 0.4) is 0 Å². The second kappa shape index (κ2) is 6.25. The number of carbonyl (C=O) groups excluding carboxylic acids is 1. The van der Waals surface area contributed by atoms with Crippen LogP contribution < -0.4 is 5.73 Å². The molecule has 0 saturated carbocycles. The average Bonchev–Trinajstić information content (AvgIpc) is 2.32. The molecule has 4 nitrogen and oxygen atoms in total. The number of methoxy groups -OCH3 is 1. The summed E-state index contributed by atoms with van der Waals surface area (Å²) >= 11 is 0. The van der Waals surface area contributed by atoms with Crippen LogP contribution in [0.5, 0.6) is 0 Å². The van der Waals surface area contributed by atoms with Crippen molar-refractivity contribution < 1.29 is 9.53 Å². The van der Waals surface area contributed by atoms with Crippen LogP contribution in [0.2, 0.25) is 0 Å². The first-order chi connectivity index (χ1) is 8.07. The van der Waals surface area contributed by atoms with E-state index in [4.69, 9.17) is 10.5 Å². The third-order valence-corrected chi connectivity index (χ3v) is 2.79. The Labute approximate surface area is 102 Å². The van der Waals surface area contributed by atoms with E-state index in [1.165, 1.54) is 0 Å². The molecule has 2 N–H and O–H groups in total. The summed E-state index contributed by atoms with van der Waals surface area (Å²) in [6, 6.07) is 5.41. The van der Waals surface area contributed by atoms with Gasteiger partial charge in [0.2, 0.25) is 0 Å². The summed E-state index contributed by atoms with van der Waals surface area (Å²) in [5.74, 6) is 0.00547. The topological polar surface area (TPSA) is 55.6 Å². The molecule has 1 aromatic rings. The maximum atomic E-state index is 12.1. The third kappa shape index (κ3) is 3.46. The molecule has 17 heavy (non-hydrogen) atoms. The molecule has 1 rings (SSSR count). The Morgan fingerprint density at radius 1 is 1.47 bits per heavy atom. The molecule has 0 atom stereocenters. The molecule has 94 valence electrons. The minimum atomic E-state index is 0.00547. The fourth-order valence-corrected chi connectivity index (χ4v) is 1.64. The number of carbonyl (C=O) groups is 1. The Morgan fingerprint density at radius 2 is 2.18 bits per heavy atom. The van der Waals surface area contributed by atoms with Gasteiger partial charge in [-0.1, -0.05) is 6.07 Å². The Morgan fingerprint density at radius 3 is 2.82 bits per heavy atom. The van der Waals surface area contributed by atoms with Crippen molar-refractivity contribution in [2.24, 2.45) is 0 Å². The molecule has 0 aliphatic rings. The van der Waals surface area contributed by atoms with Gasteiger partial charge in [0.05, 0.1) is 0 Å². The molecule has 0 bridgehead atoms. The van der Waals surface area contributed by atoms with Gasteiger partial charge in [-0.3, -0.25) is 4.79 Å². The van der Waals surface area contributed by atoms with E-state index in [-0.39, 0.29) is 5.91 Å². The molecule has 0 aromatic heterocycles. The summed E-state index contributed by atoms with van der Waals surface area (Å²) < 4.78 is 4.96. The number of nitrogens with two attached hydrogens (primary N) is 1. The summed E-state index contributed by atoms with van der Waals surface area (Å²) in [7, 11) is 3.45. The molecule has 0 spiro atoms. The zero-order valence-corrected chi connectivity index (χ0v) is 10.7. The van der Waals surface area contributed by atoms with Gasteiger partial charge in [0.25, 0.3) is 5.91 Å². The lowest BCUT2D eigenvalue weighted by Gasteiger charge is -2.18. The van der Waals surface area contributed by atoms with E-state index in [9.17, 15) is 4.79 Å². The summed E-state index contributed by atoms with van der Waals surface area (Å²) in [5, 5.41) is 0. The number of benzene rings is 1. The van der Waals surface area contributed by atoms with Crippen molar-refractivity contribution in [3.8, 4) is 0 Å². The van der Waals surface area contributed by atoms with E-state index in [0.717, 1.165) is 12.0 Å². The molecule has 0 radical (unpaired) electrons. The molecule has 0 unspecified atom stereocenters. The molecule has 0 aliphatic carbocycles. The molecule has 4 heteroatoms. The standard InChI is InChI=1S/C13H20N2O2/c1-10-11(6-4-7-12(10)14)13(16)15(2)8-5-9-17-3/h4,6-7H,5,8-9,14H2,1-3H3. The Bertz CT molecular complexity index is 391. The predicted octanol–water partition coefficient (Wildman–Crippen LogP) is 1.69. The molecular formula is C13H20N2O2. The van der Waals surface area contributed by atoms with Crippen LogP contribution in [0, 0.1) is 6.92 Å². The van der Waals surface area contributed by atoms with E-state index in [0.29, 0.717) is 24.4 Å². The number of hydrogen-bond acceptors (Lipinski definition) is 3. The molecule has 0 saturated heterocycles. The summed E-state index contributed by atoms with van der Waals surface area (Å²) in [6.07, 6.45) is 0.833. The number of hydrogen-bond donors (Lipinski definition) is 1. The Balaban J connectivity index is 2.71. The Hall–Kier alpha value is -1.55. The van der Waals surface area contributed by atoms with Crippen LogP contribution in [-0.4, -0.2) is 38.1 Å². The smallest absolute Gasteiger partial charge is 0.253 e. The highest BCUT2D eigenvalue weighted by atomic mass is 16.5. The third-order valence-electron chi connectivity index (χ3n) is 2.79. The largest absolute Gasteiger partial charge is 0.398 e. The van der Waals surface area contributed by atoms with E-state index < -0.39 is 0 Å². The molecule has 0 heterocycles. The van der Waals surface area contributed by atoms with E-state index in [2.05, 4.69) is 0 Å². The maximum Gasteiger partial charge on any atom is 0.253 e. The average molecular weight is 236 g/mol. The lowest BCUT2D eigenvalue weighted by molar-refractivity contribution is 0.0778. The predicted molar refractivity (Wildman–Crippen MR) is 69.0 cm³/mol. The van der Waals surface area contributed by atoms with Gasteiger partial charge in [-0.25, -0.2) is 0 Å². The number of nitrogens with zero attached hydrogens (tertiary/aromatic N) is 1. The molecular weight excluding hydrogens is 216 g/mol. The maximum absolute atomic E-state index is 12.1. The van der Waals surface area contributed by atoms with Crippen LogP contribution >= 0.6 is 0 Å². The van der Waals surface area contributed by atoms with Crippen LogP contribution in [-0.2, 0) is 4.74 Å². The number of rotatable bonds is 5. The van der Waals surface area contributed by atoms with Gasteiger partial charge < -0.3 is 15.4 Å². The number of anilines is 1. The van der Waals surface area contributed by atoms with Crippen molar-refractivity contribution in [1.29, 1.82) is 0 Å². The number of nitrogen functional groups attached to an aromatic ring is 1. The first kappa shape index (κ1) is 13.5. The van der Waals surface area contributed by atoms with Crippen molar-refractivity contribution in [3.63, 3.8) is 0 Å². The fraction of sp³-hybridized carbons (Fsp3) is 0.462. The van der Waals surface area contributed by atoms with Gasteiger partial charge in [0.15, 0.2) is 0 Å². The van der Waals surface area contributed by atoms with Gasteiger partial charge in [-0.2, -0.15) is 0 Å². The highest BCUT2D eigenvalue weighted by molar-refractivity contribution is 5.96. The molecule has 0 aliphatic heterocycles. The minimum absolute atomic E-state index is 0.00547. The zero-order chi connectivity index (χ0) is 12.8. The summed E-state index contributed by atoms with van der Waals surface area (Å²) in [4.78, 5) is 13.8. The van der Waals surface area contributed by atoms with Crippen molar-refractivity contribution in [2.75, 3.05) is 33.0 Å². The van der Waals surface area contributed by atoms with Crippen molar-refractivity contribution >= 4 is 11.6 Å². The van der Waals surface area contributed by atoms with Crippen LogP contribution in [0.25, 0.3) is 0 Å². The van der Waals surface area contributed by atoms with Gasteiger partial charge in [-0.05, 0) is 31.0 Å². The SMILES string of the molecule is COCCCN(C)C(=O)c1cccc(N)c1C. The second-order valence-electron chi connectivity index (χ2n) is 4.09. The lowest BCUT2D eigenvalue weighted by Crippen LogP contribution is -2.29. The minimum Gasteiger partial charge on any atom is -0.398 e. The van der Waals surface area contributed by atoms with Crippen LogP contribution in [0.15, 0.2) is 18.2 Å². The quantitative estimate of drug-likeness (QED) is 0.625. The molecule has 0 fully saturated rings. The van der Waals surface area contributed by atoms with Gasteiger partial charge >= 0.3 is 0 Å². The van der Waals surface area contributed by atoms with Gasteiger partial charge in [0, 0.05) is 38.6 Å². The van der Waals surface area contributed by atoms with E-state index in [1.54, 1.807) is 37.3 Å². The normalized spacial score (nSPS) is 10.3. The highest BCUT2D eigenvalue weighted by Gasteiger charge is 2.14. The monoisotopic (exact) mass is 236 g/mol. The van der Waals surface area contributed by atoms with Crippen molar-refractivity contribution in [2.45, 2.75) is 13.3 Å². The van der Waals surface area contributed by atoms with Crippen molar-refractivity contribution in [3.05, 3.63) is 29.3 Å². The summed E-state index contributed by atoms with van der Waals surface area (Å²) in [5.41, 5.74) is 7.96. The number of amides is 1. The zero-order valence-electron chi connectivity index (χ0n) is 10.7. The highest BCUT2D eigenvalue weighted by Crippen LogP contribution is 2.16. The van der Waals surface area contributed by atoms with Gasteiger partial charge in [0.1, 0.15) is 0 Å². The number of ether oxygens (including phenoxy) is 1. The Kier molecular flexibility index (Phi) is 4.97. The second-order valence-corrected chi connectivity index (χ2v) is 4.09. The molecule has 1 amide bonds. The van der Waals surface area contributed by atoms with E-state index >= 15 is 0 Å². The summed E-state index contributed by atoms with van der Waals surface area (Å²) in [6.45, 7) is 3.21. The van der Waals surface area contributed by atoms with Crippen LogP contribution in [0.1, 0.15) is 22.3 Å². The van der Waals surface area contributed by atoms with Crippen LogP contribution in [0.4, 0.5) is 5.69 Å². The van der Waals surface area contributed by atoms with E-state index in [1.807, 2.05) is 6.92 Å². The van der Waals surface area contributed by atoms with Crippen molar-refractivity contribution in [1.82, 2.24) is 4.90 Å². The first-order valence-corrected chi connectivity index (χ1v) is 5.67.